The summed E-state index contributed by atoms with van der Waals surface area (Å²) in [5.74, 6) is 1.40. The lowest BCUT2D eigenvalue weighted by atomic mass is 10.00. The first-order valence-electron chi connectivity index (χ1n) is 4.65. The molecule has 14 heavy (non-hydrogen) atoms. The van der Waals surface area contributed by atoms with Gasteiger partial charge in [-0.3, -0.25) is 0 Å². The predicted molar refractivity (Wildman–Crippen MR) is 59.0 cm³/mol. The highest BCUT2D eigenvalue weighted by Gasteiger charge is 2.04. The molecule has 1 atom stereocenters. The summed E-state index contributed by atoms with van der Waals surface area (Å²) in [7, 11) is 3.46. The second-order valence-electron chi connectivity index (χ2n) is 2.96. The second kappa shape index (κ2) is 6.02. The molecule has 3 nitrogen and oxygen atoms in total. The van der Waals surface area contributed by atoms with Crippen LogP contribution in [-0.4, -0.2) is 20.4 Å². The second-order valence-corrected chi connectivity index (χ2v) is 2.96. The van der Waals surface area contributed by atoms with Gasteiger partial charge >= 0.3 is 0 Å². The molecule has 0 aromatic carbocycles. The van der Waals surface area contributed by atoms with Gasteiger partial charge < -0.3 is 10.2 Å². The van der Waals surface area contributed by atoms with E-state index in [1.54, 1.807) is 20.4 Å². The quantitative estimate of drug-likeness (QED) is 0.545. The third kappa shape index (κ3) is 3.47. The highest BCUT2D eigenvalue weighted by Crippen LogP contribution is 2.17. The van der Waals surface area contributed by atoms with Crippen LogP contribution in [0.2, 0.25) is 0 Å². The standard InChI is InChI=1S/C11H16N2O/c1-12-13-9-3-4-10-5-7-11(14-2)8-6-10/h3-5,7-10,12H,6H2,1-2H3/b4-3+,13-9+. The zero-order valence-corrected chi connectivity index (χ0v) is 8.60. The molecule has 1 aliphatic rings. The number of nitrogens with one attached hydrogen (secondary N) is 1. The lowest BCUT2D eigenvalue weighted by molar-refractivity contribution is 0.302. The molecule has 0 aliphatic heterocycles. The number of hydrogen-bond acceptors (Lipinski definition) is 3. The molecule has 0 radical (unpaired) electrons. The molecule has 0 saturated heterocycles. The maximum Gasteiger partial charge on any atom is 0.114 e. The predicted octanol–water partition coefficient (Wildman–Crippen LogP) is 1.85. The normalized spacial score (nSPS) is 21.6. The highest BCUT2D eigenvalue weighted by atomic mass is 16.5. The van der Waals surface area contributed by atoms with Crippen LogP contribution in [0.3, 0.4) is 0 Å². The molecule has 1 rings (SSSR count). The summed E-state index contributed by atoms with van der Waals surface area (Å²) in [6.07, 6.45) is 13.0. The number of nitrogens with zero attached hydrogens (tertiary/aromatic N) is 1. The average Bonchev–Trinajstić information content (AvgIpc) is 2.25. The molecule has 0 aromatic rings. The van der Waals surface area contributed by atoms with Gasteiger partial charge in [-0.15, -0.1) is 0 Å². The van der Waals surface area contributed by atoms with Gasteiger partial charge in [-0.25, -0.2) is 0 Å². The van der Waals surface area contributed by atoms with Gasteiger partial charge in [-0.05, 0) is 30.6 Å². The van der Waals surface area contributed by atoms with Crippen LogP contribution in [0.5, 0.6) is 0 Å². The largest absolute Gasteiger partial charge is 0.497 e. The van der Waals surface area contributed by atoms with E-state index < -0.39 is 0 Å². The molecule has 0 heterocycles. The van der Waals surface area contributed by atoms with E-state index in [1.807, 2.05) is 12.2 Å². The number of hydrazone groups is 1. The van der Waals surface area contributed by atoms with Gasteiger partial charge in [0.05, 0.1) is 7.11 Å². The Balaban J connectivity index is 2.37. The highest BCUT2D eigenvalue weighted by molar-refractivity contribution is 5.70. The molecule has 1 N–H and O–H groups in total. The Morgan fingerprint density at radius 2 is 2.50 bits per heavy atom. The third-order valence-corrected chi connectivity index (χ3v) is 1.98. The fraction of sp³-hybridized carbons (Fsp3) is 0.364. The molecule has 0 amide bonds. The Morgan fingerprint density at radius 1 is 1.64 bits per heavy atom. The van der Waals surface area contributed by atoms with Crippen molar-refractivity contribution in [1.29, 1.82) is 0 Å². The summed E-state index contributed by atoms with van der Waals surface area (Å²) in [6, 6.07) is 0. The molecular weight excluding hydrogens is 176 g/mol. The van der Waals surface area contributed by atoms with Gasteiger partial charge in [-0.1, -0.05) is 12.2 Å². The molecule has 0 saturated carbocycles. The van der Waals surface area contributed by atoms with E-state index in [1.165, 1.54) is 0 Å². The molecule has 76 valence electrons. The van der Waals surface area contributed by atoms with E-state index in [2.05, 4.69) is 28.8 Å². The van der Waals surface area contributed by atoms with Crippen molar-refractivity contribution in [3.05, 3.63) is 36.1 Å². The summed E-state index contributed by atoms with van der Waals surface area (Å²) < 4.78 is 5.10. The number of hydrogen-bond donors (Lipinski definition) is 1. The third-order valence-electron chi connectivity index (χ3n) is 1.98. The lowest BCUT2D eigenvalue weighted by Gasteiger charge is -2.10. The van der Waals surface area contributed by atoms with Crippen molar-refractivity contribution < 1.29 is 4.74 Å². The van der Waals surface area contributed by atoms with Gasteiger partial charge in [-0.2, -0.15) is 5.10 Å². The van der Waals surface area contributed by atoms with Crippen LogP contribution in [0.4, 0.5) is 0 Å². The SMILES string of the molecule is CN/N=C/C=C/C1C=CC(OC)=CC1. The molecule has 0 aromatic heterocycles. The van der Waals surface area contributed by atoms with Crippen molar-refractivity contribution in [3.63, 3.8) is 0 Å². The van der Waals surface area contributed by atoms with Crippen molar-refractivity contribution >= 4 is 6.21 Å². The number of allylic oxidation sites excluding steroid dienone is 5. The zero-order valence-electron chi connectivity index (χ0n) is 8.60. The molecule has 1 aliphatic carbocycles. The number of rotatable bonds is 4. The molecule has 0 spiro atoms. The molecule has 0 bridgehead atoms. The molecule has 3 heteroatoms. The van der Waals surface area contributed by atoms with E-state index in [9.17, 15) is 0 Å². The minimum Gasteiger partial charge on any atom is -0.497 e. The maximum atomic E-state index is 5.10. The summed E-state index contributed by atoms with van der Waals surface area (Å²) >= 11 is 0. The zero-order chi connectivity index (χ0) is 10.2. The van der Waals surface area contributed by atoms with E-state index in [-0.39, 0.29) is 0 Å². The van der Waals surface area contributed by atoms with Gasteiger partial charge in [0, 0.05) is 13.3 Å². The van der Waals surface area contributed by atoms with Crippen LogP contribution >= 0.6 is 0 Å². The minimum atomic E-state index is 0.456. The van der Waals surface area contributed by atoms with Crippen LogP contribution < -0.4 is 5.43 Å². The average molecular weight is 192 g/mol. The Morgan fingerprint density at radius 3 is 3.07 bits per heavy atom. The van der Waals surface area contributed by atoms with Gasteiger partial charge in [0.15, 0.2) is 0 Å². The Hall–Kier alpha value is -1.51. The molecular formula is C11H16N2O. The fourth-order valence-electron chi connectivity index (χ4n) is 1.22. The van der Waals surface area contributed by atoms with E-state index in [0.29, 0.717) is 5.92 Å². The Kier molecular flexibility index (Phi) is 4.55. The van der Waals surface area contributed by atoms with Crippen molar-refractivity contribution in [2.24, 2.45) is 11.0 Å². The van der Waals surface area contributed by atoms with Crippen molar-refractivity contribution in [2.75, 3.05) is 14.2 Å². The molecule has 0 fully saturated rings. The van der Waals surface area contributed by atoms with Crippen LogP contribution in [-0.2, 0) is 4.74 Å². The lowest BCUT2D eigenvalue weighted by Crippen LogP contribution is -1.97. The van der Waals surface area contributed by atoms with E-state index in [4.69, 9.17) is 4.74 Å². The van der Waals surface area contributed by atoms with Crippen LogP contribution in [0.1, 0.15) is 6.42 Å². The van der Waals surface area contributed by atoms with Crippen LogP contribution in [0.25, 0.3) is 0 Å². The van der Waals surface area contributed by atoms with E-state index in [0.717, 1.165) is 12.2 Å². The summed E-state index contributed by atoms with van der Waals surface area (Å²) in [4.78, 5) is 0. The van der Waals surface area contributed by atoms with Crippen molar-refractivity contribution in [1.82, 2.24) is 5.43 Å². The minimum absolute atomic E-state index is 0.456. The van der Waals surface area contributed by atoms with Gasteiger partial charge in [0.1, 0.15) is 5.76 Å². The molecule has 1 unspecified atom stereocenters. The first-order chi connectivity index (χ1) is 6.86. The van der Waals surface area contributed by atoms with Gasteiger partial charge in [0.25, 0.3) is 0 Å². The summed E-state index contributed by atoms with van der Waals surface area (Å²) in [6.45, 7) is 0. The number of ether oxygens (including phenoxy) is 1. The number of methoxy groups -OCH3 is 1. The maximum absolute atomic E-state index is 5.10. The first-order valence-corrected chi connectivity index (χ1v) is 4.65. The summed E-state index contributed by atoms with van der Waals surface area (Å²) in [5, 5.41) is 3.86. The topological polar surface area (TPSA) is 33.6 Å². The fourth-order valence-corrected chi connectivity index (χ4v) is 1.22. The van der Waals surface area contributed by atoms with E-state index >= 15 is 0 Å². The van der Waals surface area contributed by atoms with Crippen LogP contribution in [0.15, 0.2) is 41.2 Å². The Labute approximate surface area is 84.8 Å². The van der Waals surface area contributed by atoms with Crippen molar-refractivity contribution in [2.45, 2.75) is 6.42 Å². The van der Waals surface area contributed by atoms with Gasteiger partial charge in [0.2, 0.25) is 0 Å². The first kappa shape index (κ1) is 10.6. The van der Waals surface area contributed by atoms with Crippen LogP contribution in [0, 0.1) is 5.92 Å². The monoisotopic (exact) mass is 192 g/mol. The Bertz CT molecular complexity index is 277. The smallest absolute Gasteiger partial charge is 0.114 e. The van der Waals surface area contributed by atoms with Crippen molar-refractivity contribution in [3.8, 4) is 0 Å². The summed E-state index contributed by atoms with van der Waals surface area (Å²) in [5.41, 5.74) is 2.69.